The van der Waals surface area contributed by atoms with Crippen LogP contribution in [-0.4, -0.2) is 27.7 Å². The Hall–Kier alpha value is -1.88. The number of nitrogens with zero attached hydrogens (tertiary/aromatic N) is 1. The number of hydrazine groups is 1. The van der Waals surface area contributed by atoms with E-state index in [1.807, 2.05) is 0 Å². The van der Waals surface area contributed by atoms with Crippen molar-refractivity contribution in [1.29, 1.82) is 0 Å². The van der Waals surface area contributed by atoms with Gasteiger partial charge < -0.3 is 15.4 Å². The van der Waals surface area contributed by atoms with Crippen LogP contribution in [0.3, 0.4) is 0 Å². The largest absolute Gasteiger partial charge is 0.349 e. The number of aldehydes is 1. The van der Waals surface area contributed by atoms with Crippen molar-refractivity contribution in [2.75, 3.05) is 10.6 Å². The molecule has 1 aromatic carbocycles. The second-order valence-corrected chi connectivity index (χ2v) is 7.36. The quantitative estimate of drug-likeness (QED) is 0.152. The van der Waals surface area contributed by atoms with E-state index in [0.29, 0.717) is 22.1 Å². The van der Waals surface area contributed by atoms with E-state index in [1.165, 1.54) is 11.3 Å². The topological polar surface area (TPSA) is 95.2 Å². The molecule has 2 atom stereocenters. The van der Waals surface area contributed by atoms with Crippen LogP contribution in [0.2, 0.25) is 5.02 Å². The summed E-state index contributed by atoms with van der Waals surface area (Å²) < 4.78 is 0. The van der Waals surface area contributed by atoms with Gasteiger partial charge in [0, 0.05) is 28.7 Å². The highest BCUT2D eigenvalue weighted by molar-refractivity contribution is 7.81. The van der Waals surface area contributed by atoms with Crippen molar-refractivity contribution >= 4 is 75.9 Å². The first-order valence-corrected chi connectivity index (χ1v) is 9.57. The number of thiocarbonyl (C=S) groups is 1. The molecule has 26 heavy (non-hydrogen) atoms. The lowest BCUT2D eigenvalue weighted by molar-refractivity contribution is -0.124. The number of hydrogen-bond acceptors (Lipinski definition) is 7. The summed E-state index contributed by atoms with van der Waals surface area (Å²) in [4.78, 5) is 27.3. The molecule has 0 aliphatic carbocycles. The molecule has 0 saturated heterocycles. The number of carbonyl (C=O) groups is 2. The highest BCUT2D eigenvalue weighted by Crippen LogP contribution is 2.19. The molecule has 0 radical (unpaired) electrons. The van der Waals surface area contributed by atoms with Gasteiger partial charge in [-0.25, -0.2) is 4.98 Å². The van der Waals surface area contributed by atoms with Crippen molar-refractivity contribution in [3.63, 3.8) is 0 Å². The molecular formula is C15H16ClN5O2S3. The van der Waals surface area contributed by atoms with Crippen LogP contribution in [0.5, 0.6) is 0 Å². The van der Waals surface area contributed by atoms with Crippen LogP contribution in [-0.2, 0) is 9.59 Å². The Balaban J connectivity index is 1.77. The van der Waals surface area contributed by atoms with E-state index in [9.17, 15) is 9.59 Å². The second kappa shape index (κ2) is 10.3. The molecule has 1 heterocycles. The van der Waals surface area contributed by atoms with Gasteiger partial charge in [0.05, 0.1) is 11.3 Å². The molecule has 0 fully saturated rings. The number of benzene rings is 1. The number of aromatic nitrogens is 1. The number of amides is 1. The Kier molecular flexibility index (Phi) is 8.10. The fraction of sp³-hybridized carbons (Fsp3) is 0.200. The maximum atomic E-state index is 12.0. The first kappa shape index (κ1) is 20.4. The third-order valence-electron chi connectivity index (χ3n) is 3.10. The van der Waals surface area contributed by atoms with Crippen LogP contribution in [0.25, 0.3) is 0 Å². The number of hydrogen-bond donors (Lipinski definition) is 5. The van der Waals surface area contributed by atoms with Crippen molar-refractivity contribution in [2.24, 2.45) is 5.92 Å². The predicted octanol–water partition coefficient (Wildman–Crippen LogP) is 2.69. The lowest BCUT2D eigenvalue weighted by Gasteiger charge is -2.19. The molecule has 1 amide bonds. The highest BCUT2D eigenvalue weighted by atomic mass is 35.5. The van der Waals surface area contributed by atoms with Gasteiger partial charge in [0.2, 0.25) is 5.91 Å². The lowest BCUT2D eigenvalue weighted by Crippen LogP contribution is -2.45. The van der Waals surface area contributed by atoms with Crippen molar-refractivity contribution in [3.8, 4) is 0 Å². The summed E-state index contributed by atoms with van der Waals surface area (Å²) in [7, 11) is 0. The zero-order valence-electron chi connectivity index (χ0n) is 13.3. The average molecular weight is 430 g/mol. The molecule has 4 N–H and O–H groups in total. The number of nitrogens with one attached hydrogen (secondary N) is 4. The van der Waals surface area contributed by atoms with Gasteiger partial charge in [0.1, 0.15) is 6.29 Å². The number of carbonyl (C=O) groups excluding carboxylic acids is 2. The minimum atomic E-state index is -0.640. The number of thiazole rings is 1. The summed E-state index contributed by atoms with van der Waals surface area (Å²) in [6.45, 7) is 0. The van der Waals surface area contributed by atoms with Gasteiger partial charge in [-0.2, -0.15) is 12.6 Å². The minimum absolute atomic E-state index is 0.0666. The fourth-order valence-corrected chi connectivity index (χ4v) is 3.19. The lowest BCUT2D eigenvalue weighted by atomic mass is 10.1. The Morgan fingerprint density at radius 3 is 2.88 bits per heavy atom. The first-order valence-electron chi connectivity index (χ1n) is 7.38. The summed E-state index contributed by atoms with van der Waals surface area (Å²) in [5.41, 5.74) is 5.69. The fourth-order valence-electron chi connectivity index (χ4n) is 1.88. The van der Waals surface area contributed by atoms with Gasteiger partial charge in [-0.05, 0) is 30.4 Å². The van der Waals surface area contributed by atoms with Crippen LogP contribution in [0.4, 0.5) is 10.8 Å². The average Bonchev–Trinajstić information content (AvgIpc) is 3.10. The number of halogens is 1. The van der Waals surface area contributed by atoms with E-state index in [0.717, 1.165) is 0 Å². The van der Waals surface area contributed by atoms with Gasteiger partial charge in [-0.15, -0.1) is 11.3 Å². The molecule has 0 bridgehead atoms. The zero-order valence-corrected chi connectivity index (χ0v) is 16.6. The van der Waals surface area contributed by atoms with Gasteiger partial charge in [-0.3, -0.25) is 15.6 Å². The summed E-state index contributed by atoms with van der Waals surface area (Å²) in [6.07, 6.45) is 2.25. The molecule has 2 unspecified atom stereocenters. The maximum Gasteiger partial charge on any atom is 0.239 e. The zero-order chi connectivity index (χ0) is 18.9. The molecule has 138 valence electrons. The Labute approximate surface area is 170 Å². The van der Waals surface area contributed by atoms with Crippen LogP contribution in [0, 0.1) is 5.92 Å². The normalized spacial score (nSPS) is 12.5. The van der Waals surface area contributed by atoms with E-state index in [-0.39, 0.29) is 11.5 Å². The second-order valence-electron chi connectivity index (χ2n) is 5.07. The van der Waals surface area contributed by atoms with E-state index < -0.39 is 17.2 Å². The molecule has 2 aromatic rings. The molecule has 1 aromatic heterocycles. The smallest absolute Gasteiger partial charge is 0.239 e. The Morgan fingerprint density at radius 1 is 1.42 bits per heavy atom. The van der Waals surface area contributed by atoms with Gasteiger partial charge in [0.25, 0.3) is 0 Å². The third kappa shape index (κ3) is 6.79. The van der Waals surface area contributed by atoms with Crippen molar-refractivity contribution < 1.29 is 9.59 Å². The third-order valence-corrected chi connectivity index (χ3v) is 4.76. The van der Waals surface area contributed by atoms with E-state index in [1.54, 1.807) is 35.8 Å². The summed E-state index contributed by atoms with van der Waals surface area (Å²) in [6, 6.07) is 6.97. The predicted molar refractivity (Wildman–Crippen MR) is 112 cm³/mol. The van der Waals surface area contributed by atoms with Crippen LogP contribution >= 0.6 is 47.8 Å². The SMILES string of the molecule is O=CC(CC(=O)NNC(=S)Nc1cccc(Cl)c1)C(S)Nc1nccs1. The Bertz CT molecular complexity index is 759. The molecule has 2 rings (SSSR count). The number of thiol groups is 1. The standard InChI is InChI=1S/C15H16ClN5O2S3/c16-10-2-1-3-11(7-10)18-14(25)21-20-12(23)6-9(8-22)13(24)19-15-17-4-5-26-15/h1-5,7-9,13,24H,6H2,(H,17,19)(H,20,23)(H2,18,21,25). The minimum Gasteiger partial charge on any atom is -0.349 e. The van der Waals surface area contributed by atoms with Crippen molar-refractivity contribution in [1.82, 2.24) is 15.8 Å². The first-order chi connectivity index (χ1) is 12.5. The number of anilines is 2. The molecule has 0 saturated carbocycles. The summed E-state index contributed by atoms with van der Waals surface area (Å²) in [5, 5.41) is 8.47. The van der Waals surface area contributed by atoms with E-state index in [2.05, 4.69) is 39.1 Å². The molecule has 0 aliphatic rings. The van der Waals surface area contributed by atoms with Crippen molar-refractivity contribution in [2.45, 2.75) is 11.8 Å². The van der Waals surface area contributed by atoms with E-state index in [4.69, 9.17) is 23.8 Å². The molecule has 0 aliphatic heterocycles. The monoisotopic (exact) mass is 429 g/mol. The summed E-state index contributed by atoms with van der Waals surface area (Å²) >= 11 is 16.7. The van der Waals surface area contributed by atoms with Crippen LogP contribution < -0.4 is 21.5 Å². The van der Waals surface area contributed by atoms with Gasteiger partial charge >= 0.3 is 0 Å². The van der Waals surface area contributed by atoms with Gasteiger partial charge in [0.15, 0.2) is 10.2 Å². The van der Waals surface area contributed by atoms with Crippen molar-refractivity contribution in [3.05, 3.63) is 40.9 Å². The highest BCUT2D eigenvalue weighted by Gasteiger charge is 2.21. The van der Waals surface area contributed by atoms with Gasteiger partial charge in [-0.1, -0.05) is 17.7 Å². The molecule has 7 nitrogen and oxygen atoms in total. The van der Waals surface area contributed by atoms with Crippen LogP contribution in [0.1, 0.15) is 6.42 Å². The molecule has 0 spiro atoms. The molecular weight excluding hydrogens is 414 g/mol. The number of rotatable bonds is 7. The van der Waals surface area contributed by atoms with E-state index >= 15 is 0 Å². The Morgan fingerprint density at radius 2 is 2.23 bits per heavy atom. The van der Waals surface area contributed by atoms with Crippen LogP contribution in [0.15, 0.2) is 35.8 Å². The summed E-state index contributed by atoms with van der Waals surface area (Å²) in [5.74, 6) is -1.05. The molecule has 11 heteroatoms. The maximum absolute atomic E-state index is 12.0.